The van der Waals surface area contributed by atoms with E-state index in [1.807, 2.05) is 60.0 Å². The van der Waals surface area contributed by atoms with Crippen molar-refractivity contribution in [3.63, 3.8) is 0 Å². The predicted octanol–water partition coefficient (Wildman–Crippen LogP) is 5.72. The fourth-order valence-corrected chi connectivity index (χ4v) is 4.28. The van der Waals surface area contributed by atoms with Crippen LogP contribution in [0.2, 0.25) is 10.0 Å². The van der Waals surface area contributed by atoms with Gasteiger partial charge in [-0.25, -0.2) is 0 Å². The number of hydrogen-bond acceptors (Lipinski definition) is 4. The van der Waals surface area contributed by atoms with Crippen molar-refractivity contribution in [3.8, 4) is 5.69 Å². The van der Waals surface area contributed by atoms with Crippen LogP contribution >= 0.6 is 35.0 Å². The van der Waals surface area contributed by atoms with Crippen LogP contribution in [-0.4, -0.2) is 27.2 Å². The van der Waals surface area contributed by atoms with Crippen LogP contribution in [0.1, 0.15) is 37.6 Å². The highest BCUT2D eigenvalue weighted by molar-refractivity contribution is 7.98. The summed E-state index contributed by atoms with van der Waals surface area (Å²) in [6, 6.07) is 15.4. The summed E-state index contributed by atoms with van der Waals surface area (Å²) in [5.41, 5.74) is 2.02. The van der Waals surface area contributed by atoms with Gasteiger partial charge in [0.2, 0.25) is 5.91 Å². The molecule has 0 radical (unpaired) electrons. The van der Waals surface area contributed by atoms with Gasteiger partial charge in [0.25, 0.3) is 0 Å². The van der Waals surface area contributed by atoms with Crippen molar-refractivity contribution in [2.75, 3.05) is 6.54 Å². The zero-order valence-electron chi connectivity index (χ0n) is 16.8. The first-order chi connectivity index (χ1) is 14.6. The van der Waals surface area contributed by atoms with Crippen molar-refractivity contribution >= 4 is 40.9 Å². The quantitative estimate of drug-likeness (QED) is 0.391. The second-order valence-electron chi connectivity index (χ2n) is 6.84. The molecule has 0 bridgehead atoms. The number of hydrogen-bond donors (Lipinski definition) is 1. The maximum atomic E-state index is 11.9. The van der Waals surface area contributed by atoms with Crippen LogP contribution in [-0.2, 0) is 17.0 Å². The van der Waals surface area contributed by atoms with Gasteiger partial charge in [-0.15, -0.1) is 10.2 Å². The molecule has 1 heterocycles. The van der Waals surface area contributed by atoms with Crippen LogP contribution in [0.3, 0.4) is 0 Å². The standard InChI is InChI=1S/C22H24Cl2N4OS/c1-2-12-25-21(29)11-5-10-20-26-27-22(28(20)19-9-4-8-18(24)14-19)30-15-16-6-3-7-17(23)13-16/h3-4,6-9,13-14H,2,5,10-12,15H2,1H3,(H,25,29). The van der Waals surface area contributed by atoms with E-state index in [1.165, 1.54) is 0 Å². The number of aromatic nitrogens is 3. The Bertz CT molecular complexity index is 993. The van der Waals surface area contributed by atoms with Gasteiger partial charge < -0.3 is 5.32 Å². The highest BCUT2D eigenvalue weighted by atomic mass is 35.5. The van der Waals surface area contributed by atoms with Crippen LogP contribution in [0.25, 0.3) is 5.69 Å². The van der Waals surface area contributed by atoms with Gasteiger partial charge in [-0.05, 0) is 48.7 Å². The maximum absolute atomic E-state index is 11.9. The average molecular weight is 463 g/mol. The molecule has 3 rings (SSSR count). The number of carbonyl (C=O) groups is 1. The molecule has 0 saturated carbocycles. The Labute approximate surface area is 191 Å². The van der Waals surface area contributed by atoms with Gasteiger partial charge in [-0.2, -0.15) is 0 Å². The summed E-state index contributed by atoms with van der Waals surface area (Å²) in [6.07, 6.45) is 2.75. The van der Waals surface area contributed by atoms with Crippen LogP contribution in [0.15, 0.2) is 53.7 Å². The molecule has 1 aromatic heterocycles. The molecule has 0 spiro atoms. The smallest absolute Gasteiger partial charge is 0.220 e. The molecule has 0 unspecified atom stereocenters. The number of amides is 1. The molecular weight excluding hydrogens is 439 g/mol. The second kappa shape index (κ2) is 11.4. The summed E-state index contributed by atoms with van der Waals surface area (Å²) in [6.45, 7) is 2.75. The summed E-state index contributed by atoms with van der Waals surface area (Å²) in [4.78, 5) is 11.9. The van der Waals surface area contributed by atoms with E-state index in [1.54, 1.807) is 11.8 Å². The Hall–Kier alpha value is -2.02. The first-order valence-corrected chi connectivity index (χ1v) is 11.6. The van der Waals surface area contributed by atoms with Gasteiger partial charge in [-0.3, -0.25) is 9.36 Å². The monoisotopic (exact) mass is 462 g/mol. The molecule has 0 aliphatic rings. The number of benzene rings is 2. The maximum Gasteiger partial charge on any atom is 0.220 e. The SMILES string of the molecule is CCCNC(=O)CCCc1nnc(SCc2cccc(Cl)c2)n1-c1cccc(Cl)c1. The van der Waals surface area contributed by atoms with Gasteiger partial charge in [0.05, 0.1) is 5.69 Å². The summed E-state index contributed by atoms with van der Waals surface area (Å²) in [7, 11) is 0. The predicted molar refractivity (Wildman–Crippen MR) is 124 cm³/mol. The number of rotatable bonds is 10. The lowest BCUT2D eigenvalue weighted by Gasteiger charge is -2.11. The van der Waals surface area contributed by atoms with E-state index in [9.17, 15) is 4.79 Å². The van der Waals surface area contributed by atoms with Crippen molar-refractivity contribution in [1.82, 2.24) is 20.1 Å². The van der Waals surface area contributed by atoms with Crippen molar-refractivity contribution in [2.45, 2.75) is 43.5 Å². The lowest BCUT2D eigenvalue weighted by Crippen LogP contribution is -2.23. The van der Waals surface area contributed by atoms with E-state index in [4.69, 9.17) is 23.2 Å². The molecule has 1 N–H and O–H groups in total. The molecule has 30 heavy (non-hydrogen) atoms. The number of nitrogens with zero attached hydrogens (tertiary/aromatic N) is 3. The van der Waals surface area contributed by atoms with E-state index in [0.29, 0.717) is 35.9 Å². The van der Waals surface area contributed by atoms with E-state index >= 15 is 0 Å². The summed E-state index contributed by atoms with van der Waals surface area (Å²) >= 11 is 13.9. The molecule has 1 amide bonds. The van der Waals surface area contributed by atoms with Crippen LogP contribution in [0.5, 0.6) is 0 Å². The van der Waals surface area contributed by atoms with Gasteiger partial charge in [0.1, 0.15) is 5.82 Å². The molecule has 0 fully saturated rings. The number of aryl methyl sites for hydroxylation is 1. The Morgan fingerprint density at radius 2 is 1.87 bits per heavy atom. The molecule has 0 aliphatic carbocycles. The molecule has 8 heteroatoms. The number of carbonyl (C=O) groups excluding carboxylic acids is 1. The van der Waals surface area contributed by atoms with Crippen molar-refractivity contribution in [3.05, 3.63) is 70.0 Å². The van der Waals surface area contributed by atoms with E-state index in [-0.39, 0.29) is 5.91 Å². The minimum Gasteiger partial charge on any atom is -0.356 e. The Balaban J connectivity index is 1.76. The Kier molecular flexibility index (Phi) is 8.61. The van der Waals surface area contributed by atoms with Crippen molar-refractivity contribution in [2.24, 2.45) is 0 Å². The summed E-state index contributed by atoms with van der Waals surface area (Å²) in [5.74, 6) is 1.61. The molecule has 3 aromatic rings. The molecule has 0 aliphatic heterocycles. The van der Waals surface area contributed by atoms with Gasteiger partial charge >= 0.3 is 0 Å². The van der Waals surface area contributed by atoms with Gasteiger partial charge in [-0.1, -0.05) is 60.1 Å². The van der Waals surface area contributed by atoms with E-state index in [0.717, 1.165) is 34.4 Å². The van der Waals surface area contributed by atoms with Crippen LogP contribution in [0.4, 0.5) is 0 Å². The fourth-order valence-electron chi connectivity index (χ4n) is 2.96. The molecular formula is C22H24Cl2N4OS. The number of thioether (sulfide) groups is 1. The molecule has 2 aromatic carbocycles. The summed E-state index contributed by atoms with van der Waals surface area (Å²) < 4.78 is 2.02. The topological polar surface area (TPSA) is 59.8 Å². The highest BCUT2D eigenvalue weighted by Gasteiger charge is 2.15. The van der Waals surface area contributed by atoms with E-state index < -0.39 is 0 Å². The molecule has 0 saturated heterocycles. The zero-order valence-corrected chi connectivity index (χ0v) is 19.1. The normalized spacial score (nSPS) is 10.9. The first-order valence-electron chi connectivity index (χ1n) is 9.91. The van der Waals surface area contributed by atoms with Crippen molar-refractivity contribution < 1.29 is 4.79 Å². The first kappa shape index (κ1) is 22.7. The Morgan fingerprint density at radius 1 is 1.10 bits per heavy atom. The van der Waals surface area contributed by atoms with Crippen LogP contribution < -0.4 is 5.32 Å². The number of halogens is 2. The third-order valence-corrected chi connectivity index (χ3v) is 5.87. The number of nitrogens with one attached hydrogen (secondary N) is 1. The van der Waals surface area contributed by atoms with Gasteiger partial charge in [0, 0.05) is 35.2 Å². The third-order valence-electron chi connectivity index (χ3n) is 4.40. The lowest BCUT2D eigenvalue weighted by atomic mass is 10.2. The van der Waals surface area contributed by atoms with Gasteiger partial charge in [0.15, 0.2) is 5.16 Å². The van der Waals surface area contributed by atoms with E-state index in [2.05, 4.69) is 15.5 Å². The third kappa shape index (κ3) is 6.49. The Morgan fingerprint density at radius 3 is 2.60 bits per heavy atom. The minimum absolute atomic E-state index is 0.0706. The minimum atomic E-state index is 0.0706. The molecule has 158 valence electrons. The summed E-state index contributed by atoms with van der Waals surface area (Å²) in [5, 5.41) is 13.9. The molecule has 0 atom stereocenters. The average Bonchev–Trinajstić information content (AvgIpc) is 3.13. The molecule has 5 nitrogen and oxygen atoms in total. The largest absolute Gasteiger partial charge is 0.356 e. The second-order valence-corrected chi connectivity index (χ2v) is 8.65. The zero-order chi connectivity index (χ0) is 21.3. The van der Waals surface area contributed by atoms with Crippen molar-refractivity contribution in [1.29, 1.82) is 0 Å². The van der Waals surface area contributed by atoms with Crippen LogP contribution in [0, 0.1) is 0 Å². The lowest BCUT2D eigenvalue weighted by molar-refractivity contribution is -0.121. The fraction of sp³-hybridized carbons (Fsp3) is 0.318. The highest BCUT2D eigenvalue weighted by Crippen LogP contribution is 2.27.